The van der Waals surface area contributed by atoms with Crippen LogP contribution in [0, 0.1) is 0 Å². The van der Waals surface area contributed by atoms with Crippen molar-refractivity contribution in [1.82, 2.24) is 10.4 Å². The molecule has 0 radical (unpaired) electrons. The topological polar surface area (TPSA) is 50.8 Å². The number of hydroxylamine groups is 1. The Bertz CT molecular complexity index is 568. The maximum Gasteiger partial charge on any atom is 0.410 e. The molecule has 6 heteroatoms. The predicted octanol–water partition coefficient (Wildman–Crippen LogP) is 3.49. The third kappa shape index (κ3) is 3.28. The zero-order chi connectivity index (χ0) is 15.6. The first-order valence-corrected chi connectivity index (χ1v) is 8.20. The van der Waals surface area contributed by atoms with Crippen molar-refractivity contribution >= 4 is 22.0 Å². The molecular weight excluding hydrogens is 348 g/mol. The van der Waals surface area contributed by atoms with Gasteiger partial charge in [0.2, 0.25) is 0 Å². The second-order valence-electron chi connectivity index (χ2n) is 5.68. The molecule has 0 aliphatic carbocycles. The van der Waals surface area contributed by atoms with Crippen LogP contribution in [-0.2, 0) is 9.57 Å². The highest BCUT2D eigenvalue weighted by Gasteiger charge is 2.39. The van der Waals surface area contributed by atoms with Gasteiger partial charge in [-0.25, -0.2) is 4.79 Å². The summed E-state index contributed by atoms with van der Waals surface area (Å²) in [4.78, 5) is 19.6. The number of likely N-dealkylation sites (tertiary alicyclic amines) is 1. The summed E-state index contributed by atoms with van der Waals surface area (Å²) in [6, 6.07) is 9.76. The van der Waals surface area contributed by atoms with Crippen molar-refractivity contribution in [1.29, 1.82) is 0 Å². The fourth-order valence-electron chi connectivity index (χ4n) is 2.77. The summed E-state index contributed by atoms with van der Waals surface area (Å²) in [5.74, 6) is 0. The zero-order valence-electron chi connectivity index (χ0n) is 12.4. The minimum atomic E-state index is -0.305. The van der Waals surface area contributed by atoms with Crippen LogP contribution in [0.5, 0.6) is 0 Å². The number of hydrogen-bond acceptors (Lipinski definition) is 4. The van der Waals surface area contributed by atoms with E-state index in [1.165, 1.54) is 0 Å². The summed E-state index contributed by atoms with van der Waals surface area (Å²) in [5, 5.41) is 0. The summed E-state index contributed by atoms with van der Waals surface area (Å²) in [6.07, 6.45) is 3.03. The molecule has 1 N–H and O–H groups in total. The van der Waals surface area contributed by atoms with Gasteiger partial charge in [-0.15, -0.1) is 0 Å². The molecule has 1 saturated heterocycles. The van der Waals surface area contributed by atoms with Gasteiger partial charge in [0.25, 0.3) is 0 Å². The van der Waals surface area contributed by atoms with Gasteiger partial charge < -0.3 is 9.64 Å². The van der Waals surface area contributed by atoms with Crippen LogP contribution < -0.4 is 5.48 Å². The number of rotatable bonds is 2. The molecule has 1 aromatic carbocycles. The molecule has 1 atom stereocenters. The van der Waals surface area contributed by atoms with Crippen LogP contribution in [-0.4, -0.2) is 29.7 Å². The van der Waals surface area contributed by atoms with E-state index in [9.17, 15) is 4.79 Å². The van der Waals surface area contributed by atoms with E-state index < -0.39 is 0 Å². The first kappa shape index (κ1) is 15.4. The highest BCUT2D eigenvalue weighted by Crippen LogP contribution is 2.33. The van der Waals surface area contributed by atoms with E-state index in [0.717, 1.165) is 23.0 Å². The van der Waals surface area contributed by atoms with Gasteiger partial charge >= 0.3 is 6.09 Å². The molecule has 1 amide bonds. The van der Waals surface area contributed by atoms with Crippen LogP contribution in [0.3, 0.4) is 0 Å². The van der Waals surface area contributed by atoms with Gasteiger partial charge in [0.05, 0.1) is 0 Å². The summed E-state index contributed by atoms with van der Waals surface area (Å²) in [7, 11) is 0. The number of ether oxygens (including phenoxy) is 1. The van der Waals surface area contributed by atoms with Crippen LogP contribution in [0.4, 0.5) is 4.79 Å². The van der Waals surface area contributed by atoms with Crippen molar-refractivity contribution in [2.24, 2.45) is 0 Å². The van der Waals surface area contributed by atoms with Crippen LogP contribution in [0.25, 0.3) is 0 Å². The van der Waals surface area contributed by atoms with E-state index in [4.69, 9.17) is 9.57 Å². The van der Waals surface area contributed by atoms with Gasteiger partial charge in [-0.2, -0.15) is 0 Å². The van der Waals surface area contributed by atoms with Crippen LogP contribution in [0.15, 0.2) is 41.0 Å². The average Bonchev–Trinajstić information content (AvgIpc) is 2.89. The number of hydrogen-bond donors (Lipinski definition) is 1. The summed E-state index contributed by atoms with van der Waals surface area (Å²) in [5.41, 5.74) is 3.52. The normalized spacial score (nSPS) is 21.2. The lowest BCUT2D eigenvalue weighted by Gasteiger charge is -2.36. The number of halogens is 1. The van der Waals surface area contributed by atoms with Gasteiger partial charge in [0.1, 0.15) is 16.3 Å². The standard InChI is InChI=1S/C16H19BrN2O3/c1-12(13-5-3-2-4-6-13)21-15(20)19-9-7-16(8-10-19)11-14(17)18-22-16/h2-6,11-12,18H,7-10H2,1H3/t12-/m0/s1. The number of carbonyl (C=O) groups is 1. The Balaban J connectivity index is 1.54. The van der Waals surface area contributed by atoms with Crippen molar-refractivity contribution < 1.29 is 14.4 Å². The maximum atomic E-state index is 12.3. The fourth-order valence-corrected chi connectivity index (χ4v) is 3.27. The van der Waals surface area contributed by atoms with Crippen molar-refractivity contribution in [3.8, 4) is 0 Å². The Kier molecular flexibility index (Phi) is 4.40. The minimum absolute atomic E-state index is 0.247. The van der Waals surface area contributed by atoms with Gasteiger partial charge in [-0.1, -0.05) is 30.3 Å². The van der Waals surface area contributed by atoms with Crippen LogP contribution in [0.1, 0.15) is 31.4 Å². The third-order valence-electron chi connectivity index (χ3n) is 4.16. The molecular formula is C16H19BrN2O3. The lowest BCUT2D eigenvalue weighted by Crippen LogP contribution is -2.47. The Labute approximate surface area is 138 Å². The minimum Gasteiger partial charge on any atom is -0.442 e. The largest absolute Gasteiger partial charge is 0.442 e. The molecule has 0 unspecified atom stereocenters. The Morgan fingerprint density at radius 1 is 1.36 bits per heavy atom. The number of piperidine rings is 1. The van der Waals surface area contributed by atoms with E-state index >= 15 is 0 Å². The molecule has 0 aromatic heterocycles. The van der Waals surface area contributed by atoms with E-state index in [2.05, 4.69) is 21.4 Å². The fraction of sp³-hybridized carbons (Fsp3) is 0.438. The number of carbonyl (C=O) groups excluding carboxylic acids is 1. The van der Waals surface area contributed by atoms with E-state index in [1.807, 2.05) is 43.3 Å². The third-order valence-corrected chi connectivity index (χ3v) is 4.55. The quantitative estimate of drug-likeness (QED) is 0.813. The number of amides is 1. The highest BCUT2D eigenvalue weighted by molar-refractivity contribution is 9.11. The molecule has 1 aromatic rings. The van der Waals surface area contributed by atoms with E-state index in [-0.39, 0.29) is 17.8 Å². The van der Waals surface area contributed by atoms with Gasteiger partial charge in [0.15, 0.2) is 0 Å². The zero-order valence-corrected chi connectivity index (χ0v) is 14.0. The Hall–Kier alpha value is -1.53. The average molecular weight is 367 g/mol. The lowest BCUT2D eigenvalue weighted by atomic mass is 9.92. The molecule has 3 rings (SSSR count). The Morgan fingerprint density at radius 2 is 2.05 bits per heavy atom. The van der Waals surface area contributed by atoms with Gasteiger partial charge in [-0.3, -0.25) is 10.3 Å². The molecule has 1 fully saturated rings. The van der Waals surface area contributed by atoms with Crippen molar-refractivity contribution in [3.05, 3.63) is 46.6 Å². The smallest absolute Gasteiger partial charge is 0.410 e. The second kappa shape index (κ2) is 6.30. The molecule has 2 aliphatic rings. The van der Waals surface area contributed by atoms with Gasteiger partial charge in [-0.05, 0) is 34.5 Å². The Morgan fingerprint density at radius 3 is 2.64 bits per heavy atom. The summed E-state index contributed by atoms with van der Waals surface area (Å²) < 4.78 is 6.40. The monoisotopic (exact) mass is 366 g/mol. The predicted molar refractivity (Wildman–Crippen MR) is 86.1 cm³/mol. The maximum absolute atomic E-state index is 12.3. The van der Waals surface area contributed by atoms with Crippen LogP contribution in [0.2, 0.25) is 0 Å². The van der Waals surface area contributed by atoms with E-state index in [1.54, 1.807) is 4.90 Å². The highest BCUT2D eigenvalue weighted by atomic mass is 79.9. The number of nitrogens with zero attached hydrogens (tertiary/aromatic N) is 1. The molecule has 0 bridgehead atoms. The van der Waals surface area contributed by atoms with E-state index in [0.29, 0.717) is 13.1 Å². The molecule has 2 aliphatic heterocycles. The molecule has 22 heavy (non-hydrogen) atoms. The van der Waals surface area contributed by atoms with Crippen molar-refractivity contribution in [2.75, 3.05) is 13.1 Å². The SMILES string of the molecule is C[C@H](OC(=O)N1CCC2(C=C(Br)NO2)CC1)c1ccccc1. The lowest BCUT2D eigenvalue weighted by molar-refractivity contribution is -0.0710. The summed E-state index contributed by atoms with van der Waals surface area (Å²) >= 11 is 3.37. The molecule has 118 valence electrons. The molecule has 5 nitrogen and oxygen atoms in total. The number of benzene rings is 1. The number of nitrogens with one attached hydrogen (secondary N) is 1. The molecule has 1 spiro atoms. The van der Waals surface area contributed by atoms with Crippen molar-refractivity contribution in [3.63, 3.8) is 0 Å². The first-order valence-electron chi connectivity index (χ1n) is 7.41. The van der Waals surface area contributed by atoms with Crippen molar-refractivity contribution in [2.45, 2.75) is 31.5 Å². The van der Waals surface area contributed by atoms with Gasteiger partial charge in [0, 0.05) is 25.9 Å². The van der Waals surface area contributed by atoms with Crippen LogP contribution >= 0.6 is 15.9 Å². The second-order valence-corrected chi connectivity index (χ2v) is 6.54. The molecule has 2 heterocycles. The summed E-state index contributed by atoms with van der Waals surface area (Å²) in [6.45, 7) is 3.14. The first-order chi connectivity index (χ1) is 10.6. The molecule has 0 saturated carbocycles.